The van der Waals surface area contributed by atoms with Gasteiger partial charge in [0.15, 0.2) is 0 Å². The Morgan fingerprint density at radius 1 is 1.71 bits per heavy atom. The van der Waals surface area contributed by atoms with Crippen LogP contribution in [0.4, 0.5) is 0 Å². The summed E-state index contributed by atoms with van der Waals surface area (Å²) >= 11 is 5.27. The Kier molecular flexibility index (Phi) is 9.00. The van der Waals surface area contributed by atoms with Gasteiger partial charge in [-0.25, -0.2) is 0 Å². The monoisotopic (exact) mass is 127 g/mol. The minimum Gasteiger partial charge on any atom is -0.412 e. The first-order chi connectivity index (χ1) is 2.81. The summed E-state index contributed by atoms with van der Waals surface area (Å²) in [6.07, 6.45) is 0. The minimum atomic E-state index is -0.259. The fourth-order valence-corrected chi connectivity index (χ4v) is 0.0745. The molecule has 0 aromatic heterocycles. The van der Waals surface area contributed by atoms with Crippen LogP contribution in [0.2, 0.25) is 0 Å². The molecule has 0 radical (unpaired) electrons. The highest BCUT2D eigenvalue weighted by Gasteiger charge is 1.93. The maximum atomic E-state index is 8.12. The average Bonchev–Trinajstić information content (AvgIpc) is 1.65. The second-order valence-corrected chi connectivity index (χ2v) is 1.63. The van der Waals surface area contributed by atoms with Crippen LogP contribution in [0.25, 0.3) is 0 Å². The summed E-state index contributed by atoms with van der Waals surface area (Å²) < 4.78 is 0. The standard InChI is InChI=1S/C3H8ClNO.H2O/c4-3(1-5)2-6;/h3,6H,1-2,5H2;1H2. The highest BCUT2D eigenvalue weighted by atomic mass is 35.5. The lowest BCUT2D eigenvalue weighted by Crippen LogP contribution is -2.17. The van der Waals surface area contributed by atoms with Crippen LogP contribution in [-0.2, 0) is 0 Å². The van der Waals surface area contributed by atoms with E-state index in [1.807, 2.05) is 0 Å². The highest BCUT2D eigenvalue weighted by molar-refractivity contribution is 6.20. The first-order valence-electron chi connectivity index (χ1n) is 1.76. The molecule has 0 spiro atoms. The quantitative estimate of drug-likeness (QED) is 0.454. The molecule has 0 aliphatic heterocycles. The van der Waals surface area contributed by atoms with Crippen molar-refractivity contribution in [2.24, 2.45) is 5.73 Å². The second-order valence-electron chi connectivity index (χ2n) is 1.02. The SMILES string of the molecule is NCC(Cl)CO.O. The fourth-order valence-electron chi connectivity index (χ4n) is 0.0745. The number of hydrogen-bond donors (Lipinski definition) is 2. The minimum absolute atomic E-state index is 0. The largest absolute Gasteiger partial charge is 0.412 e. The van der Waals surface area contributed by atoms with E-state index in [1.165, 1.54) is 0 Å². The maximum Gasteiger partial charge on any atom is 0.0689 e. The topological polar surface area (TPSA) is 77.8 Å². The van der Waals surface area contributed by atoms with Crippen molar-refractivity contribution in [1.82, 2.24) is 0 Å². The van der Waals surface area contributed by atoms with Gasteiger partial charge in [0.1, 0.15) is 0 Å². The van der Waals surface area contributed by atoms with Crippen LogP contribution < -0.4 is 5.73 Å². The molecule has 0 aromatic rings. The van der Waals surface area contributed by atoms with Gasteiger partial charge in [0.25, 0.3) is 0 Å². The molecule has 1 atom stereocenters. The molecule has 5 N–H and O–H groups in total. The first kappa shape index (κ1) is 10.2. The smallest absolute Gasteiger partial charge is 0.0689 e. The molecule has 0 fully saturated rings. The van der Waals surface area contributed by atoms with Crippen molar-refractivity contribution >= 4 is 11.6 Å². The van der Waals surface area contributed by atoms with Crippen molar-refractivity contribution in [3.63, 3.8) is 0 Å². The van der Waals surface area contributed by atoms with E-state index in [-0.39, 0.29) is 17.5 Å². The molecule has 7 heavy (non-hydrogen) atoms. The van der Waals surface area contributed by atoms with E-state index in [9.17, 15) is 0 Å². The molecule has 0 saturated carbocycles. The lowest BCUT2D eigenvalue weighted by Gasteiger charge is -1.95. The van der Waals surface area contributed by atoms with Gasteiger partial charge in [-0.15, -0.1) is 11.6 Å². The fraction of sp³-hybridized carbons (Fsp3) is 1.00. The Morgan fingerprint density at radius 3 is 2.14 bits per heavy atom. The predicted molar refractivity (Wildman–Crippen MR) is 29.4 cm³/mol. The van der Waals surface area contributed by atoms with E-state index >= 15 is 0 Å². The Morgan fingerprint density at radius 2 is 2.14 bits per heavy atom. The highest BCUT2D eigenvalue weighted by Crippen LogP contribution is 1.86. The Labute approximate surface area is 47.4 Å². The second kappa shape index (κ2) is 6.17. The Hall–Kier alpha value is 0.170. The van der Waals surface area contributed by atoms with Crippen LogP contribution in [0, 0.1) is 0 Å². The van der Waals surface area contributed by atoms with E-state index in [1.54, 1.807) is 0 Å². The van der Waals surface area contributed by atoms with E-state index in [2.05, 4.69) is 0 Å². The lowest BCUT2D eigenvalue weighted by molar-refractivity contribution is 0.294. The lowest BCUT2D eigenvalue weighted by atomic mass is 10.5. The summed E-state index contributed by atoms with van der Waals surface area (Å²) in [6.45, 7) is 0.316. The van der Waals surface area contributed by atoms with Gasteiger partial charge in [0, 0.05) is 6.54 Å². The van der Waals surface area contributed by atoms with Crippen LogP contribution in [0.1, 0.15) is 0 Å². The third-order valence-electron chi connectivity index (χ3n) is 0.454. The molecule has 4 heteroatoms. The van der Waals surface area contributed by atoms with Crippen molar-refractivity contribution in [3.8, 4) is 0 Å². The number of halogens is 1. The number of rotatable bonds is 2. The van der Waals surface area contributed by atoms with Crippen molar-refractivity contribution in [2.75, 3.05) is 13.2 Å². The van der Waals surface area contributed by atoms with Crippen molar-refractivity contribution in [1.29, 1.82) is 0 Å². The van der Waals surface area contributed by atoms with Crippen LogP contribution in [0.15, 0.2) is 0 Å². The van der Waals surface area contributed by atoms with Gasteiger partial charge in [0.05, 0.1) is 12.0 Å². The molecule has 0 aromatic carbocycles. The molecule has 3 nitrogen and oxygen atoms in total. The molecule has 0 amide bonds. The van der Waals surface area contributed by atoms with E-state index in [4.69, 9.17) is 22.4 Å². The summed E-state index contributed by atoms with van der Waals surface area (Å²) in [5.41, 5.74) is 4.99. The zero-order chi connectivity index (χ0) is 4.99. The van der Waals surface area contributed by atoms with Crippen LogP contribution in [0.3, 0.4) is 0 Å². The van der Waals surface area contributed by atoms with Crippen molar-refractivity contribution in [3.05, 3.63) is 0 Å². The third kappa shape index (κ3) is 6.17. The van der Waals surface area contributed by atoms with Crippen LogP contribution in [0.5, 0.6) is 0 Å². The van der Waals surface area contributed by atoms with E-state index in [0.29, 0.717) is 6.54 Å². The van der Waals surface area contributed by atoms with Crippen molar-refractivity contribution in [2.45, 2.75) is 5.38 Å². The maximum absolute atomic E-state index is 8.12. The van der Waals surface area contributed by atoms with Gasteiger partial charge >= 0.3 is 0 Å². The van der Waals surface area contributed by atoms with Gasteiger partial charge in [-0.2, -0.15) is 0 Å². The number of aliphatic hydroxyl groups is 1. The van der Waals surface area contributed by atoms with Crippen LogP contribution in [-0.4, -0.2) is 29.1 Å². The van der Waals surface area contributed by atoms with Gasteiger partial charge in [0.2, 0.25) is 0 Å². The molecular weight excluding hydrogens is 117 g/mol. The molecule has 0 heterocycles. The zero-order valence-electron chi connectivity index (χ0n) is 3.89. The predicted octanol–water partition coefficient (Wildman–Crippen LogP) is -1.28. The summed E-state index contributed by atoms with van der Waals surface area (Å²) in [6, 6.07) is 0. The normalized spacial score (nSPS) is 12.4. The van der Waals surface area contributed by atoms with Gasteiger partial charge in [-0.3, -0.25) is 0 Å². The Bertz CT molecular complexity index is 32.1. The molecule has 0 bridgehead atoms. The molecule has 0 aliphatic carbocycles. The van der Waals surface area contributed by atoms with Gasteiger partial charge in [-0.05, 0) is 0 Å². The summed E-state index contributed by atoms with van der Waals surface area (Å²) in [7, 11) is 0. The van der Waals surface area contributed by atoms with Crippen molar-refractivity contribution < 1.29 is 10.6 Å². The van der Waals surface area contributed by atoms with Crippen LogP contribution >= 0.6 is 11.6 Å². The zero-order valence-corrected chi connectivity index (χ0v) is 4.65. The number of aliphatic hydroxyl groups excluding tert-OH is 1. The molecule has 1 unspecified atom stereocenters. The Balaban J connectivity index is 0. The van der Waals surface area contributed by atoms with E-state index in [0.717, 1.165) is 0 Å². The van der Waals surface area contributed by atoms with E-state index < -0.39 is 0 Å². The molecule has 0 rings (SSSR count). The molecule has 0 saturated heterocycles. The number of nitrogens with two attached hydrogens (primary N) is 1. The molecule has 0 aliphatic rings. The summed E-state index contributed by atoms with van der Waals surface area (Å²) in [5, 5.41) is 7.86. The molecule has 46 valence electrons. The average molecular weight is 128 g/mol. The van der Waals surface area contributed by atoms with Gasteiger partial charge in [-0.1, -0.05) is 0 Å². The number of hydrogen-bond acceptors (Lipinski definition) is 2. The van der Waals surface area contributed by atoms with Gasteiger partial charge < -0.3 is 16.3 Å². The summed E-state index contributed by atoms with van der Waals surface area (Å²) in [4.78, 5) is 0. The summed E-state index contributed by atoms with van der Waals surface area (Å²) in [5.74, 6) is 0. The third-order valence-corrected chi connectivity index (χ3v) is 0.770. The molecular formula is C3H10ClNO2. The first-order valence-corrected chi connectivity index (χ1v) is 2.20. The number of alkyl halides is 1.